The smallest absolute Gasteiger partial charge is 0.234 e. The summed E-state index contributed by atoms with van der Waals surface area (Å²) in [5.41, 5.74) is 2.18. The Bertz CT molecular complexity index is 1180. The van der Waals surface area contributed by atoms with Gasteiger partial charge in [-0.3, -0.25) is 19.2 Å². The molecular formula is C24H14Cl2O4. The summed E-state index contributed by atoms with van der Waals surface area (Å²) in [5.74, 6) is -1.51. The molecule has 30 heavy (non-hydrogen) atoms. The first kappa shape index (κ1) is 21.4. The van der Waals surface area contributed by atoms with Gasteiger partial charge in [0.1, 0.15) is 0 Å². The minimum atomic E-state index is -0.378. The topological polar surface area (TPSA) is 68.3 Å². The van der Waals surface area contributed by atoms with Gasteiger partial charge in [0.25, 0.3) is 0 Å². The number of Topliss-reactive ketones (excluding diaryl/α,β-unsaturated/α-hetero) is 4. The molecule has 4 aromatic carbocycles. The number of ketones is 4. The van der Waals surface area contributed by atoms with E-state index in [-0.39, 0.29) is 47.9 Å². The van der Waals surface area contributed by atoms with Gasteiger partial charge in [-0.2, -0.15) is 0 Å². The van der Waals surface area contributed by atoms with Crippen LogP contribution in [0.3, 0.4) is 0 Å². The Balaban J connectivity index is 0.000000160. The van der Waals surface area contributed by atoms with Crippen LogP contribution in [0.2, 0.25) is 0 Å². The summed E-state index contributed by atoms with van der Waals surface area (Å²) in [5, 5.41) is 3.54. The van der Waals surface area contributed by atoms with Crippen LogP contribution < -0.4 is 0 Å². The highest BCUT2D eigenvalue weighted by Crippen LogP contribution is 2.31. The molecule has 0 amide bonds. The number of benzene rings is 4. The predicted molar refractivity (Wildman–Crippen MR) is 120 cm³/mol. The second-order valence-corrected chi connectivity index (χ2v) is 6.74. The van der Waals surface area contributed by atoms with Crippen LogP contribution >= 0.6 is 24.8 Å². The Morgan fingerprint density at radius 3 is 0.833 bits per heavy atom. The van der Waals surface area contributed by atoms with Crippen LogP contribution in [0.25, 0.3) is 21.5 Å². The van der Waals surface area contributed by atoms with Crippen molar-refractivity contribution in [2.24, 2.45) is 0 Å². The quantitative estimate of drug-likeness (QED) is 0.351. The molecule has 148 valence electrons. The van der Waals surface area contributed by atoms with Crippen molar-refractivity contribution in [3.05, 3.63) is 95.1 Å². The van der Waals surface area contributed by atoms with Gasteiger partial charge in [-0.25, -0.2) is 0 Å². The average molecular weight is 437 g/mol. The molecule has 0 atom stereocenters. The van der Waals surface area contributed by atoms with Gasteiger partial charge >= 0.3 is 0 Å². The maximum Gasteiger partial charge on any atom is 0.234 e. The van der Waals surface area contributed by atoms with Crippen molar-refractivity contribution in [3.8, 4) is 0 Å². The molecule has 0 aromatic heterocycles. The van der Waals surface area contributed by atoms with Gasteiger partial charge in [-0.05, 0) is 10.8 Å². The fourth-order valence-electron chi connectivity index (χ4n) is 3.93. The normalized spacial score (nSPS) is 13.1. The van der Waals surface area contributed by atoms with E-state index >= 15 is 0 Å². The summed E-state index contributed by atoms with van der Waals surface area (Å²) in [4.78, 5) is 46.1. The Kier molecular flexibility index (Phi) is 5.57. The molecule has 0 bridgehead atoms. The Hall–Kier alpha value is -3.34. The number of hydrogen-bond donors (Lipinski definition) is 0. The second-order valence-electron chi connectivity index (χ2n) is 6.74. The monoisotopic (exact) mass is 436 g/mol. The summed E-state index contributed by atoms with van der Waals surface area (Å²) in [6.45, 7) is 0. The van der Waals surface area contributed by atoms with Gasteiger partial charge in [0.05, 0.1) is 0 Å². The van der Waals surface area contributed by atoms with Crippen LogP contribution in [0, 0.1) is 0 Å². The molecule has 4 aromatic rings. The fourth-order valence-corrected chi connectivity index (χ4v) is 3.93. The van der Waals surface area contributed by atoms with Crippen LogP contribution in [0.4, 0.5) is 0 Å². The first-order valence-electron chi connectivity index (χ1n) is 8.79. The molecule has 0 spiro atoms. The Morgan fingerprint density at radius 2 is 0.600 bits per heavy atom. The summed E-state index contributed by atoms with van der Waals surface area (Å²) < 4.78 is 0. The molecule has 6 rings (SSSR count). The van der Waals surface area contributed by atoms with Crippen LogP contribution in [0.5, 0.6) is 0 Å². The number of halogens is 2. The van der Waals surface area contributed by atoms with E-state index in [2.05, 4.69) is 0 Å². The SMILES string of the molecule is Cl.Cl.O=C1C(=O)c2cccc3cccc1c23.O=C1C(=O)c2cccc3cccc1c23. The molecule has 2 aliphatic rings. The molecule has 0 saturated heterocycles. The zero-order valence-corrected chi connectivity index (χ0v) is 17.0. The fraction of sp³-hybridized carbons (Fsp3) is 0. The molecule has 2 aliphatic carbocycles. The second kappa shape index (κ2) is 7.82. The van der Waals surface area contributed by atoms with E-state index in [1.807, 2.05) is 24.3 Å². The van der Waals surface area contributed by atoms with E-state index in [1.54, 1.807) is 48.5 Å². The van der Waals surface area contributed by atoms with Gasteiger partial charge < -0.3 is 0 Å². The van der Waals surface area contributed by atoms with Crippen molar-refractivity contribution in [3.63, 3.8) is 0 Å². The summed E-state index contributed by atoms with van der Waals surface area (Å²) in [6.07, 6.45) is 0. The standard InChI is InChI=1S/2C12H6O2.2ClH/c2*13-11-8-5-1-3-7-4-2-6-9(10(7)8)12(11)14;;/h2*1-6H;2*1H. The molecule has 0 aliphatic heterocycles. The molecule has 0 radical (unpaired) electrons. The first-order valence-corrected chi connectivity index (χ1v) is 8.79. The number of carbonyl (C=O) groups is 4. The van der Waals surface area contributed by atoms with Crippen LogP contribution in [-0.4, -0.2) is 23.1 Å². The van der Waals surface area contributed by atoms with E-state index in [4.69, 9.17) is 0 Å². The lowest BCUT2D eigenvalue weighted by Gasteiger charge is -1.97. The van der Waals surface area contributed by atoms with Crippen molar-refractivity contribution in [2.45, 2.75) is 0 Å². The average Bonchev–Trinajstić information content (AvgIpc) is 3.13. The van der Waals surface area contributed by atoms with Gasteiger partial charge in [0.2, 0.25) is 23.1 Å². The highest BCUT2D eigenvalue weighted by molar-refractivity contribution is 6.57. The molecule has 0 heterocycles. The van der Waals surface area contributed by atoms with Crippen molar-refractivity contribution < 1.29 is 19.2 Å². The van der Waals surface area contributed by atoms with E-state index in [1.165, 1.54) is 0 Å². The first-order chi connectivity index (χ1) is 13.6. The Morgan fingerprint density at radius 1 is 0.367 bits per heavy atom. The minimum absolute atomic E-state index is 0. The van der Waals surface area contributed by atoms with Crippen molar-refractivity contribution in [2.75, 3.05) is 0 Å². The van der Waals surface area contributed by atoms with E-state index in [0.717, 1.165) is 21.5 Å². The van der Waals surface area contributed by atoms with Gasteiger partial charge in [-0.15, -0.1) is 24.8 Å². The predicted octanol–water partition coefficient (Wildman–Crippen LogP) is 5.28. The maximum atomic E-state index is 11.5. The van der Waals surface area contributed by atoms with Crippen molar-refractivity contribution in [1.82, 2.24) is 0 Å². The van der Waals surface area contributed by atoms with Crippen LogP contribution in [0.1, 0.15) is 41.4 Å². The third kappa shape index (κ3) is 2.93. The highest BCUT2D eigenvalue weighted by atomic mass is 35.5. The third-order valence-electron chi connectivity index (χ3n) is 5.20. The van der Waals surface area contributed by atoms with E-state index in [9.17, 15) is 19.2 Å². The van der Waals surface area contributed by atoms with Gasteiger partial charge in [-0.1, -0.05) is 72.8 Å². The number of carbonyl (C=O) groups excluding carboxylic acids is 4. The van der Waals surface area contributed by atoms with Crippen LogP contribution in [-0.2, 0) is 0 Å². The van der Waals surface area contributed by atoms with Crippen molar-refractivity contribution >= 4 is 69.5 Å². The molecule has 0 N–H and O–H groups in total. The highest BCUT2D eigenvalue weighted by Gasteiger charge is 2.30. The molecule has 4 nitrogen and oxygen atoms in total. The number of rotatable bonds is 0. The molecule has 0 saturated carbocycles. The zero-order chi connectivity index (χ0) is 19.4. The largest absolute Gasteiger partial charge is 0.285 e. The maximum absolute atomic E-state index is 11.5. The summed E-state index contributed by atoms with van der Waals surface area (Å²) in [7, 11) is 0. The minimum Gasteiger partial charge on any atom is -0.285 e. The van der Waals surface area contributed by atoms with Crippen molar-refractivity contribution in [1.29, 1.82) is 0 Å². The zero-order valence-electron chi connectivity index (χ0n) is 15.4. The van der Waals surface area contributed by atoms with Gasteiger partial charge in [0, 0.05) is 33.0 Å². The Labute approximate surface area is 183 Å². The summed E-state index contributed by atoms with van der Waals surface area (Å²) in [6, 6.07) is 21.7. The van der Waals surface area contributed by atoms with Gasteiger partial charge in [0.15, 0.2) is 0 Å². The summed E-state index contributed by atoms with van der Waals surface area (Å²) >= 11 is 0. The molecule has 0 fully saturated rings. The molecule has 0 unspecified atom stereocenters. The van der Waals surface area contributed by atoms with E-state index in [0.29, 0.717) is 22.3 Å². The lowest BCUT2D eigenvalue weighted by Crippen LogP contribution is -2.05. The number of hydrogen-bond acceptors (Lipinski definition) is 4. The third-order valence-corrected chi connectivity index (χ3v) is 5.20. The lowest BCUT2D eigenvalue weighted by atomic mass is 10.1. The lowest BCUT2D eigenvalue weighted by molar-refractivity contribution is 0.0825. The molecule has 6 heteroatoms. The van der Waals surface area contributed by atoms with E-state index < -0.39 is 0 Å². The van der Waals surface area contributed by atoms with Crippen LogP contribution in [0.15, 0.2) is 72.8 Å². The molecular weight excluding hydrogens is 423 g/mol.